The number of carbonyl (C=O) groups is 1. The Labute approximate surface area is 162 Å². The highest BCUT2D eigenvalue weighted by Crippen LogP contribution is 2.32. The van der Waals surface area contributed by atoms with E-state index in [-0.39, 0.29) is 5.91 Å². The Balaban J connectivity index is 1.48. The van der Waals surface area contributed by atoms with Gasteiger partial charge in [0.05, 0.1) is 16.3 Å². The van der Waals surface area contributed by atoms with E-state index in [4.69, 9.17) is 4.98 Å². The second-order valence-corrected chi connectivity index (χ2v) is 7.36. The molecule has 1 N–H and O–H groups in total. The van der Waals surface area contributed by atoms with Crippen LogP contribution in [0.3, 0.4) is 0 Å². The summed E-state index contributed by atoms with van der Waals surface area (Å²) in [5.41, 5.74) is 2.67. The molecule has 3 aromatic rings. The highest BCUT2D eigenvalue weighted by Gasteiger charge is 2.19. The maximum atomic E-state index is 11.7. The number of likely N-dealkylation sites (tertiary alicyclic amines) is 1. The summed E-state index contributed by atoms with van der Waals surface area (Å²) in [5, 5.41) is 5.33. The quantitative estimate of drug-likeness (QED) is 0.634. The third kappa shape index (κ3) is 4.14. The first kappa shape index (κ1) is 17.6. The van der Waals surface area contributed by atoms with Crippen molar-refractivity contribution in [1.82, 2.24) is 19.9 Å². The fraction of sp³-hybridized carbons (Fsp3) is 0.300. The minimum atomic E-state index is 0.269. The van der Waals surface area contributed by atoms with Gasteiger partial charge in [0.25, 0.3) is 0 Å². The first-order valence-corrected chi connectivity index (χ1v) is 10.0. The van der Waals surface area contributed by atoms with Gasteiger partial charge in [-0.2, -0.15) is 0 Å². The van der Waals surface area contributed by atoms with Gasteiger partial charge in [0.2, 0.25) is 11.9 Å². The number of hydrogen-bond acceptors (Lipinski definition) is 6. The van der Waals surface area contributed by atoms with E-state index in [1.807, 2.05) is 40.7 Å². The molecule has 7 heteroatoms. The molecule has 4 rings (SSSR count). The lowest BCUT2D eigenvalue weighted by molar-refractivity contribution is -0.127. The Morgan fingerprint density at radius 2 is 2.15 bits per heavy atom. The van der Waals surface area contributed by atoms with Gasteiger partial charge in [-0.25, -0.2) is 9.97 Å². The van der Waals surface area contributed by atoms with E-state index in [0.29, 0.717) is 12.4 Å². The number of aromatic nitrogens is 3. The van der Waals surface area contributed by atoms with Crippen LogP contribution < -0.4 is 5.32 Å². The molecular weight excluding hydrogens is 358 g/mol. The highest BCUT2D eigenvalue weighted by atomic mass is 32.1. The van der Waals surface area contributed by atoms with Gasteiger partial charge >= 0.3 is 0 Å². The van der Waals surface area contributed by atoms with E-state index in [2.05, 4.69) is 21.4 Å². The zero-order chi connectivity index (χ0) is 18.5. The second-order valence-electron chi connectivity index (χ2n) is 6.41. The van der Waals surface area contributed by atoms with Crippen LogP contribution in [0, 0.1) is 0 Å². The van der Waals surface area contributed by atoms with Crippen LogP contribution in [0.2, 0.25) is 0 Å². The SMILES string of the molecule is O=C1CCCN1CCCNc1ncc(-c2ccccn2)c(-c2cccs2)n1. The van der Waals surface area contributed by atoms with Crippen molar-refractivity contribution in [3.8, 4) is 21.8 Å². The number of nitrogens with one attached hydrogen (secondary N) is 1. The fourth-order valence-corrected chi connectivity index (χ4v) is 3.92. The minimum Gasteiger partial charge on any atom is -0.354 e. The number of hydrogen-bond donors (Lipinski definition) is 1. The summed E-state index contributed by atoms with van der Waals surface area (Å²) in [6.45, 7) is 2.41. The Bertz CT molecular complexity index is 898. The van der Waals surface area contributed by atoms with Crippen molar-refractivity contribution in [2.24, 2.45) is 0 Å². The highest BCUT2D eigenvalue weighted by molar-refractivity contribution is 7.13. The molecule has 1 amide bonds. The zero-order valence-corrected chi connectivity index (χ0v) is 15.8. The molecule has 1 saturated heterocycles. The van der Waals surface area contributed by atoms with Crippen molar-refractivity contribution >= 4 is 23.2 Å². The molecule has 4 heterocycles. The van der Waals surface area contributed by atoms with Gasteiger partial charge in [-0.05, 0) is 36.4 Å². The molecule has 0 aromatic carbocycles. The maximum absolute atomic E-state index is 11.7. The summed E-state index contributed by atoms with van der Waals surface area (Å²) in [5.74, 6) is 0.872. The van der Waals surface area contributed by atoms with Crippen molar-refractivity contribution in [3.05, 3.63) is 48.1 Å². The normalized spacial score (nSPS) is 13.9. The lowest BCUT2D eigenvalue weighted by Crippen LogP contribution is -2.27. The maximum Gasteiger partial charge on any atom is 0.223 e. The summed E-state index contributed by atoms with van der Waals surface area (Å²) >= 11 is 1.65. The predicted molar refractivity (Wildman–Crippen MR) is 107 cm³/mol. The first-order chi connectivity index (χ1) is 13.3. The first-order valence-electron chi connectivity index (χ1n) is 9.15. The number of thiophene rings is 1. The molecule has 0 radical (unpaired) electrons. The fourth-order valence-electron chi connectivity index (χ4n) is 3.19. The van der Waals surface area contributed by atoms with E-state index in [1.165, 1.54) is 0 Å². The van der Waals surface area contributed by atoms with E-state index in [1.54, 1.807) is 17.5 Å². The van der Waals surface area contributed by atoms with Crippen LogP contribution >= 0.6 is 11.3 Å². The second kappa shape index (κ2) is 8.26. The third-order valence-electron chi connectivity index (χ3n) is 4.54. The van der Waals surface area contributed by atoms with Gasteiger partial charge in [0.15, 0.2) is 0 Å². The molecule has 0 unspecified atom stereocenters. The molecule has 0 saturated carbocycles. The van der Waals surface area contributed by atoms with Crippen LogP contribution in [0.4, 0.5) is 5.95 Å². The molecule has 3 aromatic heterocycles. The van der Waals surface area contributed by atoms with Crippen molar-refractivity contribution in [2.45, 2.75) is 19.3 Å². The molecule has 0 spiro atoms. The summed E-state index contributed by atoms with van der Waals surface area (Å²) in [4.78, 5) is 28.3. The van der Waals surface area contributed by atoms with E-state index in [0.717, 1.165) is 54.3 Å². The molecular formula is C20H21N5OS. The standard InChI is InChI=1S/C20H21N5OS/c26-18-8-3-11-25(18)12-5-10-22-20-23-14-15(16-6-1-2-9-21-16)19(24-20)17-7-4-13-27-17/h1-2,4,6-7,9,13-14H,3,5,8,10-12H2,(H,22,23,24). The average Bonchev–Trinajstić information content (AvgIpc) is 3.38. The van der Waals surface area contributed by atoms with Gasteiger partial charge in [-0.3, -0.25) is 9.78 Å². The number of rotatable bonds is 7. The summed E-state index contributed by atoms with van der Waals surface area (Å²) in [7, 11) is 0. The Morgan fingerprint density at radius 1 is 1.19 bits per heavy atom. The van der Waals surface area contributed by atoms with Crippen molar-refractivity contribution in [2.75, 3.05) is 25.0 Å². The Hall–Kier alpha value is -2.80. The van der Waals surface area contributed by atoms with Crippen LogP contribution in [0.25, 0.3) is 21.8 Å². The van der Waals surface area contributed by atoms with E-state index in [9.17, 15) is 4.79 Å². The monoisotopic (exact) mass is 379 g/mol. The molecule has 1 aliphatic heterocycles. The summed E-state index contributed by atoms with van der Waals surface area (Å²) in [6, 6.07) is 9.91. The number of nitrogens with zero attached hydrogens (tertiary/aromatic N) is 4. The lowest BCUT2D eigenvalue weighted by Gasteiger charge is -2.15. The average molecular weight is 379 g/mol. The predicted octanol–water partition coefficient (Wildman–Crippen LogP) is 3.69. The van der Waals surface area contributed by atoms with Gasteiger partial charge in [0, 0.05) is 44.0 Å². The largest absolute Gasteiger partial charge is 0.354 e. The van der Waals surface area contributed by atoms with Crippen LogP contribution in [0.1, 0.15) is 19.3 Å². The van der Waals surface area contributed by atoms with Gasteiger partial charge < -0.3 is 10.2 Å². The summed E-state index contributed by atoms with van der Waals surface area (Å²) in [6.07, 6.45) is 6.16. The molecule has 0 atom stereocenters. The topological polar surface area (TPSA) is 71.0 Å². The van der Waals surface area contributed by atoms with Crippen LogP contribution in [-0.4, -0.2) is 45.4 Å². The third-order valence-corrected chi connectivity index (χ3v) is 5.42. The number of anilines is 1. The molecule has 6 nitrogen and oxygen atoms in total. The number of carbonyl (C=O) groups excluding carboxylic acids is 1. The Kier molecular flexibility index (Phi) is 5.39. The zero-order valence-electron chi connectivity index (χ0n) is 15.0. The molecule has 0 aliphatic carbocycles. The van der Waals surface area contributed by atoms with Crippen LogP contribution in [0.5, 0.6) is 0 Å². The molecule has 138 valence electrons. The molecule has 27 heavy (non-hydrogen) atoms. The van der Waals surface area contributed by atoms with E-state index >= 15 is 0 Å². The summed E-state index contributed by atoms with van der Waals surface area (Å²) < 4.78 is 0. The lowest BCUT2D eigenvalue weighted by atomic mass is 10.1. The van der Waals surface area contributed by atoms with Crippen LogP contribution in [-0.2, 0) is 4.79 Å². The van der Waals surface area contributed by atoms with Gasteiger partial charge in [-0.1, -0.05) is 12.1 Å². The van der Waals surface area contributed by atoms with Gasteiger partial charge in [0.1, 0.15) is 0 Å². The number of pyridine rings is 1. The molecule has 0 bridgehead atoms. The smallest absolute Gasteiger partial charge is 0.223 e. The molecule has 1 fully saturated rings. The molecule has 1 aliphatic rings. The van der Waals surface area contributed by atoms with Crippen molar-refractivity contribution in [3.63, 3.8) is 0 Å². The van der Waals surface area contributed by atoms with Crippen molar-refractivity contribution in [1.29, 1.82) is 0 Å². The minimum absolute atomic E-state index is 0.269. The Morgan fingerprint density at radius 3 is 2.89 bits per heavy atom. The van der Waals surface area contributed by atoms with Crippen LogP contribution in [0.15, 0.2) is 48.1 Å². The number of amides is 1. The van der Waals surface area contributed by atoms with Crippen molar-refractivity contribution < 1.29 is 4.79 Å². The van der Waals surface area contributed by atoms with Gasteiger partial charge in [-0.15, -0.1) is 11.3 Å². The van der Waals surface area contributed by atoms with E-state index < -0.39 is 0 Å².